The zero-order chi connectivity index (χ0) is 38.2. The van der Waals surface area contributed by atoms with Crippen molar-refractivity contribution in [1.29, 1.82) is 0 Å². The molecule has 2 heterocycles. The third-order valence-electron chi connectivity index (χ3n) is 12.4. The van der Waals surface area contributed by atoms with E-state index in [4.69, 9.17) is 0 Å². The molecule has 0 N–H and O–H groups in total. The van der Waals surface area contributed by atoms with Crippen LogP contribution in [0.4, 0.5) is 34.1 Å². The van der Waals surface area contributed by atoms with Crippen molar-refractivity contribution in [2.45, 2.75) is 5.41 Å². The molecular formula is C55H37N3. The normalized spacial score (nSPS) is 13.6. The second-order valence-corrected chi connectivity index (χ2v) is 15.3. The fourth-order valence-electron chi connectivity index (χ4n) is 10.1. The molecule has 0 fully saturated rings. The number of rotatable bonds is 5. The number of hydrogen-bond donors (Lipinski definition) is 0. The molecule has 10 aromatic rings. The molecule has 1 aromatic heterocycles. The van der Waals surface area contributed by atoms with Crippen LogP contribution in [0.2, 0.25) is 0 Å². The van der Waals surface area contributed by atoms with Gasteiger partial charge in [0, 0.05) is 27.7 Å². The van der Waals surface area contributed by atoms with Crippen LogP contribution < -0.4 is 9.80 Å². The lowest BCUT2D eigenvalue weighted by Gasteiger charge is -2.41. The summed E-state index contributed by atoms with van der Waals surface area (Å²) < 4.78 is 2.49. The fourth-order valence-corrected chi connectivity index (χ4v) is 10.1. The van der Waals surface area contributed by atoms with Gasteiger partial charge in [0.2, 0.25) is 0 Å². The van der Waals surface area contributed by atoms with Crippen molar-refractivity contribution in [1.82, 2.24) is 4.57 Å². The van der Waals surface area contributed by atoms with Gasteiger partial charge in [-0.2, -0.15) is 0 Å². The highest BCUT2D eigenvalue weighted by Gasteiger charge is 2.48. The third-order valence-corrected chi connectivity index (χ3v) is 12.4. The molecule has 3 heteroatoms. The average Bonchev–Trinajstić information content (AvgIpc) is 3.79. The number of fused-ring (bicyclic) bond motifs is 8. The van der Waals surface area contributed by atoms with E-state index in [1.165, 1.54) is 60.9 Å². The topological polar surface area (TPSA) is 11.4 Å². The molecular weight excluding hydrogens is 703 g/mol. The molecule has 1 aliphatic carbocycles. The van der Waals surface area contributed by atoms with Crippen LogP contribution in [-0.4, -0.2) is 4.57 Å². The smallest absolute Gasteiger partial charge is 0.0715 e. The standard InChI is InChI=1S/C55H37N3/c1-4-19-38(20-5-1)55(39-21-6-2-7-22-39)45-27-18-34-53(58-47-28-12-10-25-42(47)43-26-11-13-29-48(43)58)54(45)44-36-35-41(37-46(44)55)57-51-32-16-14-30-49(51)56(40-23-8-3-9-24-40)50-31-15-17-33-52(50)57/h1-37H. The van der Waals surface area contributed by atoms with Crippen LogP contribution in [-0.2, 0) is 5.41 Å². The molecule has 0 spiro atoms. The molecule has 0 radical (unpaired) electrons. The Morgan fingerprint density at radius 2 is 0.759 bits per heavy atom. The monoisotopic (exact) mass is 739 g/mol. The zero-order valence-electron chi connectivity index (χ0n) is 31.7. The predicted molar refractivity (Wildman–Crippen MR) is 241 cm³/mol. The van der Waals surface area contributed by atoms with Gasteiger partial charge in [-0.05, 0) is 94.5 Å². The Morgan fingerprint density at radius 1 is 0.310 bits per heavy atom. The number of aromatic nitrogens is 1. The molecule has 3 nitrogen and oxygen atoms in total. The molecule has 0 saturated heterocycles. The minimum atomic E-state index is -0.594. The number of nitrogens with zero attached hydrogens (tertiary/aromatic N) is 3. The van der Waals surface area contributed by atoms with Gasteiger partial charge in [-0.1, -0.05) is 158 Å². The van der Waals surface area contributed by atoms with Crippen LogP contribution in [0.5, 0.6) is 0 Å². The first kappa shape index (κ1) is 32.6. The van der Waals surface area contributed by atoms with E-state index in [1.807, 2.05) is 0 Å². The average molecular weight is 740 g/mol. The van der Waals surface area contributed by atoms with Gasteiger partial charge in [0.25, 0.3) is 0 Å². The molecule has 0 saturated carbocycles. The molecule has 272 valence electrons. The van der Waals surface area contributed by atoms with Gasteiger partial charge in [-0.3, -0.25) is 0 Å². The van der Waals surface area contributed by atoms with Gasteiger partial charge in [0.05, 0.1) is 44.9 Å². The summed E-state index contributed by atoms with van der Waals surface area (Å²) in [7, 11) is 0. The lowest BCUT2D eigenvalue weighted by atomic mass is 9.67. The van der Waals surface area contributed by atoms with Crippen molar-refractivity contribution in [2.75, 3.05) is 9.80 Å². The van der Waals surface area contributed by atoms with Gasteiger partial charge < -0.3 is 14.4 Å². The van der Waals surface area contributed by atoms with Gasteiger partial charge in [0.15, 0.2) is 0 Å². The summed E-state index contributed by atoms with van der Waals surface area (Å²) in [6.07, 6.45) is 0. The van der Waals surface area contributed by atoms with E-state index in [0.29, 0.717) is 0 Å². The summed E-state index contributed by atoms with van der Waals surface area (Å²) in [5.74, 6) is 0. The number of para-hydroxylation sites is 7. The van der Waals surface area contributed by atoms with Crippen molar-refractivity contribution < 1.29 is 0 Å². The highest BCUT2D eigenvalue weighted by molar-refractivity contribution is 6.10. The molecule has 0 bridgehead atoms. The maximum Gasteiger partial charge on any atom is 0.0715 e. The zero-order valence-corrected chi connectivity index (χ0v) is 31.7. The lowest BCUT2D eigenvalue weighted by molar-refractivity contribution is 0.768. The van der Waals surface area contributed by atoms with Crippen molar-refractivity contribution in [3.05, 3.63) is 247 Å². The van der Waals surface area contributed by atoms with E-state index in [1.54, 1.807) is 0 Å². The highest BCUT2D eigenvalue weighted by Crippen LogP contribution is 2.60. The highest BCUT2D eigenvalue weighted by atomic mass is 15.3. The molecule has 0 amide bonds. The number of anilines is 6. The van der Waals surface area contributed by atoms with Crippen LogP contribution in [0.3, 0.4) is 0 Å². The summed E-state index contributed by atoms with van der Waals surface area (Å²) in [6.45, 7) is 0. The first-order chi connectivity index (χ1) is 28.8. The SMILES string of the molecule is c1ccc(N2c3ccccc3N(c3ccc4c(c3)C(c3ccccc3)(c3ccccc3)c3cccc(-n5c6ccccc6c6ccccc65)c3-4)c3ccccc32)cc1. The Hall–Kier alpha value is -7.62. The summed E-state index contributed by atoms with van der Waals surface area (Å²) in [5, 5.41) is 2.52. The summed E-state index contributed by atoms with van der Waals surface area (Å²) in [6, 6.07) is 82.4. The maximum absolute atomic E-state index is 2.49. The Bertz CT molecular complexity index is 3040. The summed E-state index contributed by atoms with van der Waals surface area (Å²) in [5.41, 5.74) is 17.4. The van der Waals surface area contributed by atoms with E-state index >= 15 is 0 Å². The van der Waals surface area contributed by atoms with E-state index in [-0.39, 0.29) is 0 Å². The molecule has 0 atom stereocenters. The quantitative estimate of drug-likeness (QED) is 0.174. The van der Waals surface area contributed by atoms with Gasteiger partial charge in [-0.15, -0.1) is 0 Å². The second-order valence-electron chi connectivity index (χ2n) is 15.3. The summed E-state index contributed by atoms with van der Waals surface area (Å²) >= 11 is 0. The number of hydrogen-bond acceptors (Lipinski definition) is 2. The molecule has 9 aromatic carbocycles. The minimum Gasteiger partial charge on any atom is -0.309 e. The first-order valence-electron chi connectivity index (χ1n) is 20.0. The second kappa shape index (κ2) is 12.7. The summed E-state index contributed by atoms with van der Waals surface area (Å²) in [4.78, 5) is 4.85. The van der Waals surface area contributed by atoms with Gasteiger partial charge in [-0.25, -0.2) is 0 Å². The van der Waals surface area contributed by atoms with Crippen LogP contribution in [0.15, 0.2) is 224 Å². The molecule has 12 rings (SSSR count). The molecule has 58 heavy (non-hydrogen) atoms. The maximum atomic E-state index is 2.49. The van der Waals surface area contributed by atoms with Gasteiger partial charge >= 0.3 is 0 Å². The Balaban J connectivity index is 1.17. The van der Waals surface area contributed by atoms with Crippen molar-refractivity contribution in [3.63, 3.8) is 0 Å². The fraction of sp³-hybridized carbons (Fsp3) is 0.0182. The Morgan fingerprint density at radius 3 is 1.31 bits per heavy atom. The van der Waals surface area contributed by atoms with Crippen molar-refractivity contribution in [3.8, 4) is 16.8 Å². The first-order valence-corrected chi connectivity index (χ1v) is 20.0. The molecule has 2 aliphatic rings. The van der Waals surface area contributed by atoms with Crippen LogP contribution in [0.25, 0.3) is 38.6 Å². The van der Waals surface area contributed by atoms with Gasteiger partial charge in [0.1, 0.15) is 0 Å². The lowest BCUT2D eigenvalue weighted by Crippen LogP contribution is -2.29. The van der Waals surface area contributed by atoms with E-state index < -0.39 is 5.41 Å². The molecule has 0 unspecified atom stereocenters. The third kappa shape index (κ3) is 4.50. The van der Waals surface area contributed by atoms with E-state index in [2.05, 4.69) is 239 Å². The minimum absolute atomic E-state index is 0.594. The van der Waals surface area contributed by atoms with E-state index in [9.17, 15) is 0 Å². The Kier molecular flexibility index (Phi) is 7.14. The largest absolute Gasteiger partial charge is 0.309 e. The predicted octanol–water partition coefficient (Wildman–Crippen LogP) is 14.4. The van der Waals surface area contributed by atoms with Crippen LogP contribution in [0, 0.1) is 0 Å². The van der Waals surface area contributed by atoms with Crippen LogP contribution in [0.1, 0.15) is 22.3 Å². The van der Waals surface area contributed by atoms with E-state index in [0.717, 1.165) is 34.1 Å². The van der Waals surface area contributed by atoms with Crippen LogP contribution >= 0.6 is 0 Å². The Labute approximate surface area is 337 Å². The van der Waals surface area contributed by atoms with Crippen molar-refractivity contribution >= 4 is 55.9 Å². The van der Waals surface area contributed by atoms with Crippen molar-refractivity contribution in [2.24, 2.45) is 0 Å². The number of benzene rings is 9. The molecule has 1 aliphatic heterocycles.